The Morgan fingerprint density at radius 2 is 2.00 bits per heavy atom. The Morgan fingerprint density at radius 3 is 2.62 bits per heavy atom. The van der Waals surface area contributed by atoms with Gasteiger partial charge in [-0.3, -0.25) is 10.5 Å². The van der Waals surface area contributed by atoms with Crippen LogP contribution in [0.2, 0.25) is 10.0 Å². The first-order valence-corrected chi connectivity index (χ1v) is 7.03. The van der Waals surface area contributed by atoms with E-state index in [2.05, 4.69) is 15.5 Å². The molecule has 1 heterocycles. The molecule has 2 rings (SSSR count). The molecule has 0 atom stereocenters. The molecule has 0 saturated carbocycles. The maximum absolute atomic E-state index is 9.55. The van der Waals surface area contributed by atoms with Crippen molar-refractivity contribution >= 4 is 29.2 Å². The van der Waals surface area contributed by atoms with Crippen molar-refractivity contribution in [1.29, 1.82) is 5.41 Å². The molecule has 0 radical (unpaired) electrons. The predicted octanol–water partition coefficient (Wildman–Crippen LogP) is 2.50. The number of aromatic nitrogens is 2. The molecular weight excluding hydrogens is 313 g/mol. The average molecular weight is 328 g/mol. The van der Waals surface area contributed by atoms with Crippen LogP contribution in [0.4, 0.5) is 0 Å². The van der Waals surface area contributed by atoms with Gasteiger partial charge < -0.3 is 16.2 Å². The maximum atomic E-state index is 9.55. The number of rotatable bonds is 5. The summed E-state index contributed by atoms with van der Waals surface area (Å²) < 4.78 is 0. The lowest BCUT2D eigenvalue weighted by atomic mass is 10.1. The fourth-order valence-electron chi connectivity index (χ4n) is 1.85. The van der Waals surface area contributed by atoms with Gasteiger partial charge in [0.25, 0.3) is 0 Å². The molecular formula is C13H15Cl2N5O. The van der Waals surface area contributed by atoms with E-state index in [1.165, 1.54) is 0 Å². The Balaban J connectivity index is 2.04. The number of guanidine groups is 1. The molecule has 0 aliphatic heterocycles. The van der Waals surface area contributed by atoms with E-state index in [9.17, 15) is 5.11 Å². The molecule has 0 amide bonds. The minimum atomic E-state index is -0.128. The Bertz CT molecular complexity index is 633. The van der Waals surface area contributed by atoms with Crippen molar-refractivity contribution in [1.82, 2.24) is 15.5 Å². The van der Waals surface area contributed by atoms with Crippen molar-refractivity contribution in [3.05, 3.63) is 33.9 Å². The third-order valence-corrected chi connectivity index (χ3v) is 3.46. The third kappa shape index (κ3) is 4.03. The zero-order chi connectivity index (χ0) is 15.4. The zero-order valence-electron chi connectivity index (χ0n) is 11.1. The summed E-state index contributed by atoms with van der Waals surface area (Å²) in [5, 5.41) is 26.8. The maximum Gasteiger partial charge on any atom is 0.185 e. The lowest BCUT2D eigenvalue weighted by Gasteiger charge is -2.03. The van der Waals surface area contributed by atoms with Crippen LogP contribution in [0.3, 0.4) is 0 Å². The van der Waals surface area contributed by atoms with E-state index in [4.69, 9.17) is 34.3 Å². The topological polar surface area (TPSA) is 111 Å². The molecule has 0 aliphatic rings. The monoisotopic (exact) mass is 327 g/mol. The van der Waals surface area contributed by atoms with Crippen LogP contribution >= 0.6 is 23.2 Å². The fourth-order valence-corrected chi connectivity index (χ4v) is 2.34. The number of phenols is 1. The summed E-state index contributed by atoms with van der Waals surface area (Å²) in [7, 11) is 0. The molecule has 112 valence electrons. The molecule has 6 N–H and O–H groups in total. The van der Waals surface area contributed by atoms with Crippen LogP contribution in [-0.2, 0) is 6.42 Å². The van der Waals surface area contributed by atoms with Crippen molar-refractivity contribution in [2.45, 2.75) is 12.8 Å². The highest BCUT2D eigenvalue weighted by molar-refractivity contribution is 6.37. The number of phenolic OH excluding ortho intramolecular Hbond substituents is 1. The van der Waals surface area contributed by atoms with E-state index in [0.717, 1.165) is 29.8 Å². The summed E-state index contributed by atoms with van der Waals surface area (Å²) in [6.07, 6.45) is 1.55. The third-order valence-electron chi connectivity index (χ3n) is 2.88. The molecule has 0 fully saturated rings. The fraction of sp³-hybridized carbons (Fsp3) is 0.231. The van der Waals surface area contributed by atoms with Crippen molar-refractivity contribution in [2.24, 2.45) is 5.73 Å². The number of hydrogen-bond acceptors (Lipinski definition) is 3. The second kappa shape index (κ2) is 6.69. The first-order valence-electron chi connectivity index (χ1n) is 6.28. The minimum Gasteiger partial charge on any atom is -0.505 e. The van der Waals surface area contributed by atoms with Crippen LogP contribution in [-0.4, -0.2) is 27.8 Å². The van der Waals surface area contributed by atoms with E-state index in [-0.39, 0.29) is 21.8 Å². The largest absolute Gasteiger partial charge is 0.505 e. The number of aromatic hydroxyl groups is 1. The van der Waals surface area contributed by atoms with E-state index in [1.807, 2.05) is 6.07 Å². The molecule has 0 bridgehead atoms. The van der Waals surface area contributed by atoms with Gasteiger partial charge in [0.05, 0.1) is 21.4 Å². The highest BCUT2D eigenvalue weighted by atomic mass is 35.5. The Labute approximate surface area is 131 Å². The lowest BCUT2D eigenvalue weighted by Crippen LogP contribution is -2.31. The average Bonchev–Trinajstić information content (AvgIpc) is 2.89. The SMILES string of the molecule is N=C(N)NCCCc1cc(-c2cc(Cl)c(O)c(Cl)c2)[nH]n1. The highest BCUT2D eigenvalue weighted by Gasteiger charge is 2.10. The van der Waals surface area contributed by atoms with Crippen LogP contribution < -0.4 is 11.1 Å². The first-order chi connectivity index (χ1) is 9.97. The van der Waals surface area contributed by atoms with Crippen molar-refractivity contribution < 1.29 is 5.11 Å². The van der Waals surface area contributed by atoms with Gasteiger partial charge in [0.2, 0.25) is 0 Å². The molecule has 21 heavy (non-hydrogen) atoms. The van der Waals surface area contributed by atoms with Gasteiger partial charge in [-0.25, -0.2) is 0 Å². The summed E-state index contributed by atoms with van der Waals surface area (Å²) in [4.78, 5) is 0. The number of halogens is 2. The molecule has 1 aromatic carbocycles. The first kappa shape index (κ1) is 15.5. The Kier molecular flexibility index (Phi) is 4.93. The van der Waals surface area contributed by atoms with Crippen LogP contribution in [0.1, 0.15) is 12.1 Å². The number of benzene rings is 1. The van der Waals surface area contributed by atoms with Crippen LogP contribution in [0.15, 0.2) is 18.2 Å². The number of hydrogen-bond donors (Lipinski definition) is 5. The standard InChI is InChI=1S/C13H15Cl2N5O/c14-9-4-7(5-10(15)12(9)21)11-6-8(19-20-11)2-1-3-18-13(16)17/h4-6,21H,1-3H2,(H,19,20)(H4,16,17,18). The molecule has 0 spiro atoms. The number of H-pyrrole nitrogens is 1. The number of aryl methyl sites for hydroxylation is 1. The van der Waals surface area contributed by atoms with Crippen LogP contribution in [0.5, 0.6) is 5.75 Å². The Morgan fingerprint density at radius 1 is 1.33 bits per heavy atom. The summed E-state index contributed by atoms with van der Waals surface area (Å²) >= 11 is 11.8. The quantitative estimate of drug-likeness (QED) is 0.330. The second-order valence-electron chi connectivity index (χ2n) is 4.51. The second-order valence-corrected chi connectivity index (χ2v) is 5.32. The van der Waals surface area contributed by atoms with Gasteiger partial charge in [-0.15, -0.1) is 0 Å². The molecule has 0 saturated heterocycles. The van der Waals surface area contributed by atoms with Gasteiger partial charge in [0.15, 0.2) is 11.7 Å². The van der Waals surface area contributed by atoms with Crippen LogP contribution in [0, 0.1) is 5.41 Å². The number of nitrogens with two attached hydrogens (primary N) is 1. The highest BCUT2D eigenvalue weighted by Crippen LogP contribution is 2.35. The summed E-state index contributed by atoms with van der Waals surface area (Å²) in [6.45, 7) is 0.619. The van der Waals surface area contributed by atoms with E-state index >= 15 is 0 Å². The van der Waals surface area contributed by atoms with Gasteiger partial charge in [-0.05, 0) is 31.0 Å². The van der Waals surface area contributed by atoms with E-state index < -0.39 is 0 Å². The molecule has 2 aromatic rings. The van der Waals surface area contributed by atoms with Gasteiger partial charge >= 0.3 is 0 Å². The smallest absolute Gasteiger partial charge is 0.185 e. The summed E-state index contributed by atoms with van der Waals surface area (Å²) in [6, 6.07) is 5.14. The van der Waals surface area contributed by atoms with Crippen molar-refractivity contribution in [3.8, 4) is 17.0 Å². The summed E-state index contributed by atoms with van der Waals surface area (Å²) in [5.41, 5.74) is 7.61. The lowest BCUT2D eigenvalue weighted by molar-refractivity contribution is 0.476. The summed E-state index contributed by atoms with van der Waals surface area (Å²) in [5.74, 6) is -0.164. The Hall–Kier alpha value is -1.92. The molecule has 1 aromatic heterocycles. The molecule has 6 nitrogen and oxygen atoms in total. The predicted molar refractivity (Wildman–Crippen MR) is 83.9 cm³/mol. The zero-order valence-corrected chi connectivity index (χ0v) is 12.6. The number of nitrogens with zero attached hydrogens (tertiary/aromatic N) is 1. The molecule has 0 aliphatic carbocycles. The van der Waals surface area contributed by atoms with E-state index in [1.54, 1.807) is 12.1 Å². The van der Waals surface area contributed by atoms with Gasteiger partial charge in [0.1, 0.15) is 0 Å². The number of aromatic amines is 1. The minimum absolute atomic E-state index is 0.0360. The number of nitrogens with one attached hydrogen (secondary N) is 3. The van der Waals surface area contributed by atoms with Crippen molar-refractivity contribution in [3.63, 3.8) is 0 Å². The molecule has 8 heteroatoms. The van der Waals surface area contributed by atoms with Crippen molar-refractivity contribution in [2.75, 3.05) is 6.54 Å². The van der Waals surface area contributed by atoms with Gasteiger partial charge in [0, 0.05) is 12.1 Å². The molecule has 0 unspecified atom stereocenters. The van der Waals surface area contributed by atoms with Gasteiger partial charge in [-0.1, -0.05) is 23.2 Å². The van der Waals surface area contributed by atoms with Crippen LogP contribution in [0.25, 0.3) is 11.3 Å². The van der Waals surface area contributed by atoms with Gasteiger partial charge in [-0.2, -0.15) is 5.10 Å². The normalized spacial score (nSPS) is 10.6. The van der Waals surface area contributed by atoms with E-state index in [0.29, 0.717) is 6.54 Å².